The van der Waals surface area contributed by atoms with Crippen molar-refractivity contribution in [2.45, 2.75) is 65.4 Å². The molecule has 1 fully saturated rings. The fourth-order valence-corrected chi connectivity index (χ4v) is 3.75. The van der Waals surface area contributed by atoms with Gasteiger partial charge in [0, 0.05) is 23.9 Å². The summed E-state index contributed by atoms with van der Waals surface area (Å²) < 4.78 is 0. The molecule has 1 saturated heterocycles. The number of benzene rings is 1. The molecule has 1 aromatic carbocycles. The summed E-state index contributed by atoms with van der Waals surface area (Å²) in [5.74, 6) is -1.03. The normalized spacial score (nSPS) is 18.2. The molecule has 1 aromatic rings. The Morgan fingerprint density at radius 2 is 1.97 bits per heavy atom. The van der Waals surface area contributed by atoms with E-state index in [0.717, 1.165) is 5.56 Å². The van der Waals surface area contributed by atoms with E-state index in [1.165, 1.54) is 4.90 Å². The van der Waals surface area contributed by atoms with E-state index < -0.39 is 19.1 Å². The van der Waals surface area contributed by atoms with Crippen LogP contribution in [-0.4, -0.2) is 58.6 Å². The summed E-state index contributed by atoms with van der Waals surface area (Å²) in [6.45, 7) is 9.83. The van der Waals surface area contributed by atoms with E-state index in [1.807, 2.05) is 25.1 Å². The zero-order valence-corrected chi connectivity index (χ0v) is 18.4. The van der Waals surface area contributed by atoms with E-state index in [1.54, 1.807) is 26.1 Å². The first-order chi connectivity index (χ1) is 14.2. The number of hydrogen-bond donors (Lipinski definition) is 3. The van der Waals surface area contributed by atoms with Gasteiger partial charge in [-0.3, -0.25) is 14.6 Å². The standard InChI is InChI=1S/C22H32BN3O4/c1-6-17(18-13-16(14(3)4)10-11-19(18)24-7-2)21(27)25-15(5)22(28)26-12-8-9-20(26)23(29)30/h6-7,10-11,13-15,20,29-30H,8-9,12H2,1-5H3,(H,25,27)/b17-6+,24-7?. The summed E-state index contributed by atoms with van der Waals surface area (Å²) in [5.41, 5.74) is 2.93. The third-order valence-corrected chi connectivity index (χ3v) is 5.42. The van der Waals surface area contributed by atoms with Crippen LogP contribution < -0.4 is 5.32 Å². The van der Waals surface area contributed by atoms with Gasteiger partial charge in [0.25, 0.3) is 5.91 Å². The number of nitrogens with zero attached hydrogens (tertiary/aromatic N) is 2. The summed E-state index contributed by atoms with van der Waals surface area (Å²) in [6.07, 6.45) is 4.63. The third kappa shape index (κ3) is 5.37. The average Bonchev–Trinajstić information content (AvgIpc) is 3.19. The maximum atomic E-state index is 13.1. The Labute approximate surface area is 179 Å². The van der Waals surface area contributed by atoms with Gasteiger partial charge >= 0.3 is 7.12 Å². The molecule has 1 aliphatic rings. The summed E-state index contributed by atoms with van der Waals surface area (Å²) in [5, 5.41) is 21.8. The molecule has 0 saturated carbocycles. The number of amides is 2. The highest BCUT2D eigenvalue weighted by Crippen LogP contribution is 2.30. The molecule has 1 heterocycles. The molecule has 162 valence electrons. The molecule has 2 rings (SSSR count). The topological polar surface area (TPSA) is 102 Å². The highest BCUT2D eigenvalue weighted by molar-refractivity contribution is 6.43. The molecular weight excluding hydrogens is 381 g/mol. The second kappa shape index (κ2) is 10.5. The Bertz CT molecular complexity index is 836. The summed E-state index contributed by atoms with van der Waals surface area (Å²) in [6, 6.07) is 5.07. The molecule has 0 bridgehead atoms. The Morgan fingerprint density at radius 3 is 2.53 bits per heavy atom. The minimum atomic E-state index is -1.58. The van der Waals surface area contributed by atoms with E-state index in [-0.39, 0.29) is 11.8 Å². The first kappa shape index (κ1) is 23.8. The van der Waals surface area contributed by atoms with Gasteiger partial charge in [-0.1, -0.05) is 26.0 Å². The molecule has 0 spiro atoms. The predicted octanol–water partition coefficient (Wildman–Crippen LogP) is 2.44. The first-order valence-corrected chi connectivity index (χ1v) is 10.5. The SMILES string of the molecule is CC=Nc1ccc(C(C)C)cc1/C(=C\C)C(=O)NC(C)C(=O)N1CCCC1B(O)O. The minimum Gasteiger partial charge on any atom is -0.426 e. The van der Waals surface area contributed by atoms with Crippen molar-refractivity contribution in [2.75, 3.05) is 6.54 Å². The van der Waals surface area contributed by atoms with Crippen molar-refractivity contribution in [3.63, 3.8) is 0 Å². The smallest absolute Gasteiger partial charge is 0.426 e. The third-order valence-electron chi connectivity index (χ3n) is 5.42. The van der Waals surface area contributed by atoms with Crippen molar-refractivity contribution in [1.29, 1.82) is 0 Å². The van der Waals surface area contributed by atoms with E-state index in [2.05, 4.69) is 24.2 Å². The molecule has 2 atom stereocenters. The maximum absolute atomic E-state index is 13.1. The number of hydrogen-bond acceptors (Lipinski definition) is 5. The fourth-order valence-electron chi connectivity index (χ4n) is 3.75. The van der Waals surface area contributed by atoms with E-state index >= 15 is 0 Å². The van der Waals surface area contributed by atoms with E-state index in [0.29, 0.717) is 42.1 Å². The lowest BCUT2D eigenvalue weighted by atomic mass is 9.78. The van der Waals surface area contributed by atoms with Crippen LogP contribution in [0.3, 0.4) is 0 Å². The summed E-state index contributed by atoms with van der Waals surface area (Å²) in [7, 11) is -1.58. The quantitative estimate of drug-likeness (QED) is 0.363. The highest BCUT2D eigenvalue weighted by Gasteiger charge is 2.38. The average molecular weight is 413 g/mol. The minimum absolute atomic E-state index is 0.294. The van der Waals surface area contributed by atoms with Gasteiger partial charge in [-0.05, 0) is 57.2 Å². The van der Waals surface area contributed by atoms with Crippen LogP contribution in [0.2, 0.25) is 0 Å². The second-order valence-electron chi connectivity index (χ2n) is 7.87. The van der Waals surface area contributed by atoms with Crippen molar-refractivity contribution in [3.8, 4) is 0 Å². The van der Waals surface area contributed by atoms with Crippen LogP contribution in [0, 0.1) is 0 Å². The van der Waals surface area contributed by atoms with Gasteiger partial charge in [0.15, 0.2) is 0 Å². The molecule has 1 aliphatic heterocycles. The molecule has 8 heteroatoms. The first-order valence-electron chi connectivity index (χ1n) is 10.5. The lowest BCUT2D eigenvalue weighted by molar-refractivity contribution is -0.135. The molecular formula is C22H32BN3O4. The van der Waals surface area contributed by atoms with Crippen molar-refractivity contribution in [1.82, 2.24) is 10.2 Å². The molecule has 0 radical (unpaired) electrons. The number of nitrogens with one attached hydrogen (secondary N) is 1. The predicted molar refractivity (Wildman–Crippen MR) is 121 cm³/mol. The van der Waals surface area contributed by atoms with Crippen LogP contribution in [0.25, 0.3) is 5.57 Å². The van der Waals surface area contributed by atoms with E-state index in [9.17, 15) is 19.6 Å². The largest absolute Gasteiger partial charge is 0.475 e. The van der Waals surface area contributed by atoms with E-state index in [4.69, 9.17) is 0 Å². The number of carbonyl (C=O) groups excluding carboxylic acids is 2. The van der Waals surface area contributed by atoms with Gasteiger partial charge in [-0.2, -0.15) is 0 Å². The van der Waals surface area contributed by atoms with Gasteiger partial charge in [0.05, 0.1) is 11.6 Å². The molecule has 2 amide bonds. The maximum Gasteiger partial charge on any atom is 0.475 e. The van der Waals surface area contributed by atoms with Crippen LogP contribution in [0.5, 0.6) is 0 Å². The van der Waals surface area contributed by atoms with Gasteiger partial charge in [-0.15, -0.1) is 0 Å². The van der Waals surface area contributed by atoms with Gasteiger partial charge in [0.1, 0.15) is 6.04 Å². The molecule has 0 aliphatic carbocycles. The summed E-state index contributed by atoms with van der Waals surface area (Å²) in [4.78, 5) is 31.7. The van der Waals surface area contributed by atoms with Crippen molar-refractivity contribution < 1.29 is 19.6 Å². The van der Waals surface area contributed by atoms with Crippen LogP contribution in [0.1, 0.15) is 64.5 Å². The molecule has 2 unspecified atom stereocenters. The monoisotopic (exact) mass is 413 g/mol. The molecule has 7 nitrogen and oxygen atoms in total. The van der Waals surface area contributed by atoms with Crippen molar-refractivity contribution >= 4 is 36.4 Å². The number of rotatable bonds is 7. The fraction of sp³-hybridized carbons (Fsp3) is 0.500. The lowest BCUT2D eigenvalue weighted by Gasteiger charge is -2.27. The van der Waals surface area contributed by atoms with Crippen molar-refractivity contribution in [2.24, 2.45) is 4.99 Å². The molecule has 30 heavy (non-hydrogen) atoms. The second-order valence-corrected chi connectivity index (χ2v) is 7.87. The number of allylic oxidation sites excluding steroid dienone is 1. The Hall–Kier alpha value is -2.45. The molecule has 3 N–H and O–H groups in total. The van der Waals surface area contributed by atoms with Crippen LogP contribution in [-0.2, 0) is 9.59 Å². The van der Waals surface area contributed by atoms with Crippen LogP contribution >= 0.6 is 0 Å². The Kier molecular flexibility index (Phi) is 8.38. The van der Waals surface area contributed by atoms with Gasteiger partial charge < -0.3 is 20.3 Å². The van der Waals surface area contributed by atoms with Gasteiger partial charge in [0.2, 0.25) is 5.91 Å². The van der Waals surface area contributed by atoms with Crippen molar-refractivity contribution in [3.05, 3.63) is 35.4 Å². The van der Waals surface area contributed by atoms with Gasteiger partial charge in [-0.25, -0.2) is 0 Å². The van der Waals surface area contributed by atoms with Crippen LogP contribution in [0.15, 0.2) is 29.3 Å². The number of aliphatic imine (C=N–C) groups is 1. The summed E-state index contributed by atoms with van der Waals surface area (Å²) >= 11 is 0. The Morgan fingerprint density at radius 1 is 1.27 bits per heavy atom. The number of carbonyl (C=O) groups is 2. The van der Waals surface area contributed by atoms with Crippen LogP contribution in [0.4, 0.5) is 5.69 Å². The zero-order chi connectivity index (χ0) is 22.4. The highest BCUT2D eigenvalue weighted by atomic mass is 16.4. The lowest BCUT2D eigenvalue weighted by Crippen LogP contribution is -2.52. The number of likely N-dealkylation sites (tertiary alicyclic amines) is 1. The Balaban J connectivity index is 2.25. The molecule has 0 aromatic heterocycles. The zero-order valence-electron chi connectivity index (χ0n) is 18.4.